The quantitative estimate of drug-likeness (QED) is 0.713. The summed E-state index contributed by atoms with van der Waals surface area (Å²) in [4.78, 5) is 17.0. The van der Waals surface area contributed by atoms with Gasteiger partial charge in [-0.25, -0.2) is 0 Å². The second-order valence-electron chi connectivity index (χ2n) is 4.13. The fourth-order valence-corrected chi connectivity index (χ4v) is 2.10. The zero-order valence-corrected chi connectivity index (χ0v) is 9.56. The molecule has 0 unspecified atom stereocenters. The zero-order valence-electron chi connectivity index (χ0n) is 9.56. The fourth-order valence-electron chi connectivity index (χ4n) is 2.10. The maximum atomic E-state index is 10.3. The van der Waals surface area contributed by atoms with Crippen molar-refractivity contribution in [2.45, 2.75) is 32.1 Å². The zero-order chi connectivity index (χ0) is 11.4. The molecule has 1 aromatic heterocycles. The molecular weight excluding hydrogens is 206 g/mol. The summed E-state index contributed by atoms with van der Waals surface area (Å²) in [6.07, 6.45) is 3.17. The topological polar surface area (TPSA) is 59.2 Å². The first-order valence-corrected chi connectivity index (χ1v) is 5.82. The molecule has 5 nitrogen and oxygen atoms in total. The van der Waals surface area contributed by atoms with Gasteiger partial charge in [-0.3, -0.25) is 0 Å². The molecule has 0 radical (unpaired) electrons. The van der Waals surface area contributed by atoms with Gasteiger partial charge < -0.3 is 14.2 Å². The highest BCUT2D eigenvalue weighted by molar-refractivity contribution is 5.52. The molecule has 0 bridgehead atoms. The van der Waals surface area contributed by atoms with Gasteiger partial charge in [0, 0.05) is 5.92 Å². The summed E-state index contributed by atoms with van der Waals surface area (Å²) >= 11 is 0. The van der Waals surface area contributed by atoms with E-state index in [9.17, 15) is 4.79 Å². The summed E-state index contributed by atoms with van der Waals surface area (Å²) < 4.78 is 5.01. The van der Waals surface area contributed by atoms with Gasteiger partial charge in [-0.1, -0.05) is 12.1 Å². The van der Waals surface area contributed by atoms with Gasteiger partial charge in [-0.15, -0.1) is 0 Å². The van der Waals surface area contributed by atoms with Gasteiger partial charge in [0.1, 0.15) is 6.29 Å². The molecule has 16 heavy (non-hydrogen) atoms. The van der Waals surface area contributed by atoms with E-state index in [1.54, 1.807) is 0 Å². The molecule has 0 amide bonds. The van der Waals surface area contributed by atoms with Crippen molar-refractivity contribution < 1.29 is 9.32 Å². The van der Waals surface area contributed by atoms with Crippen LogP contribution in [0.2, 0.25) is 0 Å². The first kappa shape index (κ1) is 11.3. The van der Waals surface area contributed by atoms with E-state index >= 15 is 0 Å². The van der Waals surface area contributed by atoms with E-state index in [0.717, 1.165) is 44.6 Å². The highest BCUT2D eigenvalue weighted by Gasteiger charge is 2.23. The normalized spacial score (nSPS) is 18.8. The van der Waals surface area contributed by atoms with Crippen LogP contribution in [-0.2, 0) is 11.2 Å². The van der Waals surface area contributed by atoms with Gasteiger partial charge in [0.2, 0.25) is 5.89 Å². The second-order valence-corrected chi connectivity index (χ2v) is 4.13. The van der Waals surface area contributed by atoms with Crippen LogP contribution in [0.4, 0.5) is 0 Å². The molecule has 0 saturated carbocycles. The molecular formula is C11H17N3O2. The molecule has 1 fully saturated rings. The van der Waals surface area contributed by atoms with Crippen LogP contribution in [-0.4, -0.2) is 41.0 Å². The lowest BCUT2D eigenvalue weighted by molar-refractivity contribution is -0.107. The summed E-state index contributed by atoms with van der Waals surface area (Å²) in [6.45, 7) is 5.48. The molecule has 2 heterocycles. The van der Waals surface area contributed by atoms with Crippen LogP contribution in [0.1, 0.15) is 37.4 Å². The van der Waals surface area contributed by atoms with E-state index in [-0.39, 0.29) is 6.42 Å². The average Bonchev–Trinajstić information content (AvgIpc) is 2.78. The minimum absolute atomic E-state index is 0.223. The highest BCUT2D eigenvalue weighted by Crippen LogP contribution is 2.25. The smallest absolute Gasteiger partial charge is 0.233 e. The lowest BCUT2D eigenvalue weighted by Gasteiger charge is -2.29. The molecule has 0 atom stereocenters. The number of likely N-dealkylation sites (tertiary alicyclic amines) is 1. The molecule has 0 aromatic carbocycles. The van der Waals surface area contributed by atoms with Crippen molar-refractivity contribution in [3.8, 4) is 0 Å². The Labute approximate surface area is 94.8 Å². The van der Waals surface area contributed by atoms with Gasteiger partial charge in [-0.05, 0) is 32.5 Å². The lowest BCUT2D eigenvalue weighted by atomic mass is 9.96. The van der Waals surface area contributed by atoms with Gasteiger partial charge in [0.15, 0.2) is 5.82 Å². The van der Waals surface area contributed by atoms with E-state index in [4.69, 9.17) is 4.52 Å². The first-order chi connectivity index (χ1) is 7.83. The Morgan fingerprint density at radius 2 is 2.25 bits per heavy atom. The molecule has 0 aliphatic carbocycles. The molecule has 5 heteroatoms. The molecule has 0 N–H and O–H groups in total. The number of aldehydes is 1. The first-order valence-electron chi connectivity index (χ1n) is 5.82. The van der Waals surface area contributed by atoms with Crippen molar-refractivity contribution in [1.29, 1.82) is 0 Å². The molecule has 1 aliphatic heterocycles. The minimum Gasteiger partial charge on any atom is -0.339 e. The standard InChI is InChI=1S/C11H17N3O2/c1-2-14-6-3-9(4-7-14)11-12-10(5-8-15)16-13-11/h8-9H,2-7H2,1H3. The van der Waals surface area contributed by atoms with Gasteiger partial charge in [0.05, 0.1) is 6.42 Å². The van der Waals surface area contributed by atoms with Crippen LogP contribution >= 0.6 is 0 Å². The highest BCUT2D eigenvalue weighted by atomic mass is 16.5. The summed E-state index contributed by atoms with van der Waals surface area (Å²) in [5.41, 5.74) is 0. The van der Waals surface area contributed by atoms with Crippen LogP contribution < -0.4 is 0 Å². The van der Waals surface area contributed by atoms with Crippen LogP contribution in [0.3, 0.4) is 0 Å². The fraction of sp³-hybridized carbons (Fsp3) is 0.727. The molecule has 1 aromatic rings. The maximum Gasteiger partial charge on any atom is 0.233 e. The summed E-state index contributed by atoms with van der Waals surface area (Å²) in [5, 5.41) is 3.95. The third-order valence-corrected chi connectivity index (χ3v) is 3.14. The van der Waals surface area contributed by atoms with Crippen LogP contribution in [0, 0.1) is 0 Å². The van der Waals surface area contributed by atoms with E-state index in [2.05, 4.69) is 22.0 Å². The van der Waals surface area contributed by atoms with E-state index in [1.807, 2.05) is 0 Å². The Kier molecular flexibility index (Phi) is 3.66. The van der Waals surface area contributed by atoms with Gasteiger partial charge in [0.25, 0.3) is 0 Å². The van der Waals surface area contributed by atoms with Gasteiger partial charge in [-0.2, -0.15) is 4.98 Å². The SMILES string of the molecule is CCN1CCC(c2noc(CC=O)n2)CC1. The average molecular weight is 223 g/mol. The number of aromatic nitrogens is 2. The van der Waals surface area contributed by atoms with Crippen LogP contribution in [0.15, 0.2) is 4.52 Å². The van der Waals surface area contributed by atoms with Crippen LogP contribution in [0.5, 0.6) is 0 Å². The maximum absolute atomic E-state index is 10.3. The van der Waals surface area contributed by atoms with Crippen molar-refractivity contribution in [3.63, 3.8) is 0 Å². The van der Waals surface area contributed by atoms with Crippen molar-refractivity contribution in [3.05, 3.63) is 11.7 Å². The van der Waals surface area contributed by atoms with Gasteiger partial charge >= 0.3 is 0 Å². The van der Waals surface area contributed by atoms with Crippen molar-refractivity contribution in [2.75, 3.05) is 19.6 Å². The second kappa shape index (κ2) is 5.21. The molecule has 0 spiro atoms. The number of carbonyl (C=O) groups is 1. The van der Waals surface area contributed by atoms with E-state index < -0.39 is 0 Å². The van der Waals surface area contributed by atoms with Crippen molar-refractivity contribution in [2.24, 2.45) is 0 Å². The minimum atomic E-state index is 0.223. The molecule has 1 saturated heterocycles. The lowest BCUT2D eigenvalue weighted by Crippen LogP contribution is -2.32. The number of hydrogen-bond acceptors (Lipinski definition) is 5. The Balaban J connectivity index is 1.94. The number of piperidine rings is 1. The summed E-state index contributed by atoms with van der Waals surface area (Å²) in [5.74, 6) is 1.60. The van der Waals surface area contributed by atoms with Crippen LogP contribution in [0.25, 0.3) is 0 Å². The number of rotatable bonds is 4. The summed E-state index contributed by atoms with van der Waals surface area (Å²) in [7, 11) is 0. The predicted octanol–water partition coefficient (Wildman–Crippen LogP) is 1.01. The van der Waals surface area contributed by atoms with E-state index in [0.29, 0.717) is 11.8 Å². The monoisotopic (exact) mass is 223 g/mol. The third-order valence-electron chi connectivity index (χ3n) is 3.14. The Morgan fingerprint density at radius 3 is 2.88 bits per heavy atom. The Bertz CT molecular complexity index is 343. The molecule has 2 rings (SSSR count). The largest absolute Gasteiger partial charge is 0.339 e. The van der Waals surface area contributed by atoms with Crippen molar-refractivity contribution in [1.82, 2.24) is 15.0 Å². The van der Waals surface area contributed by atoms with E-state index in [1.165, 1.54) is 0 Å². The number of nitrogens with zero attached hydrogens (tertiary/aromatic N) is 3. The third kappa shape index (κ3) is 2.47. The number of carbonyl (C=O) groups excluding carboxylic acids is 1. The Hall–Kier alpha value is -1.23. The summed E-state index contributed by atoms with van der Waals surface area (Å²) in [6, 6.07) is 0. The predicted molar refractivity (Wildman–Crippen MR) is 58.2 cm³/mol. The van der Waals surface area contributed by atoms with Crippen molar-refractivity contribution >= 4 is 6.29 Å². The molecule has 88 valence electrons. The molecule has 1 aliphatic rings. The Morgan fingerprint density at radius 1 is 1.50 bits per heavy atom. The number of hydrogen-bond donors (Lipinski definition) is 0.